The molecule has 1 aliphatic heterocycles. The van der Waals surface area contributed by atoms with Gasteiger partial charge in [0.15, 0.2) is 0 Å². The number of nitrogens with zero attached hydrogens (tertiary/aromatic N) is 2. The molecule has 0 aliphatic carbocycles. The predicted octanol–water partition coefficient (Wildman–Crippen LogP) is 2.32. The number of ether oxygens (including phenoxy) is 1. The maximum Gasteiger partial charge on any atom is 0.317 e. The Hall–Kier alpha value is -1.75. The zero-order chi connectivity index (χ0) is 16.9. The molecule has 0 spiro atoms. The first-order chi connectivity index (χ1) is 11.0. The molecule has 0 saturated carbocycles. The van der Waals surface area contributed by atoms with Crippen LogP contribution < -0.4 is 10.1 Å². The maximum atomic E-state index is 12.3. The molecule has 5 nitrogen and oxygen atoms in total. The van der Waals surface area contributed by atoms with Gasteiger partial charge in [-0.2, -0.15) is 0 Å². The van der Waals surface area contributed by atoms with Crippen LogP contribution in [0.5, 0.6) is 5.75 Å². The van der Waals surface area contributed by atoms with Crippen molar-refractivity contribution in [1.29, 1.82) is 0 Å². The molecular weight excluding hydrogens is 290 g/mol. The molecule has 1 aliphatic rings. The quantitative estimate of drug-likeness (QED) is 0.906. The van der Waals surface area contributed by atoms with Crippen LogP contribution in [0.15, 0.2) is 24.3 Å². The molecule has 1 saturated heterocycles. The van der Waals surface area contributed by atoms with Crippen LogP contribution in [0, 0.1) is 0 Å². The van der Waals surface area contributed by atoms with E-state index in [-0.39, 0.29) is 11.4 Å². The van der Waals surface area contributed by atoms with Crippen LogP contribution >= 0.6 is 0 Å². The summed E-state index contributed by atoms with van der Waals surface area (Å²) < 4.78 is 5.20. The first-order valence-electron chi connectivity index (χ1n) is 8.36. The van der Waals surface area contributed by atoms with Crippen molar-refractivity contribution in [3.8, 4) is 5.75 Å². The van der Waals surface area contributed by atoms with E-state index in [1.54, 1.807) is 7.11 Å². The minimum Gasteiger partial charge on any atom is -0.497 e. The summed E-state index contributed by atoms with van der Waals surface area (Å²) in [6, 6.07) is 8.09. The fourth-order valence-electron chi connectivity index (χ4n) is 2.82. The summed E-state index contributed by atoms with van der Waals surface area (Å²) in [5, 5.41) is 3.09. The van der Waals surface area contributed by atoms with E-state index >= 15 is 0 Å². The lowest BCUT2D eigenvalue weighted by atomic mass is 9.84. The van der Waals surface area contributed by atoms with Crippen molar-refractivity contribution in [1.82, 2.24) is 15.1 Å². The Bertz CT molecular complexity index is 506. The first kappa shape index (κ1) is 17.6. The second-order valence-corrected chi connectivity index (χ2v) is 6.69. The Morgan fingerprint density at radius 2 is 1.78 bits per heavy atom. The fourth-order valence-corrected chi connectivity index (χ4v) is 2.82. The van der Waals surface area contributed by atoms with Crippen LogP contribution in [0.1, 0.15) is 26.3 Å². The van der Waals surface area contributed by atoms with E-state index in [9.17, 15) is 4.79 Å². The molecule has 1 aromatic rings. The minimum atomic E-state index is -0.118. The average Bonchev–Trinajstić information content (AvgIpc) is 2.60. The highest BCUT2D eigenvalue weighted by Gasteiger charge is 2.24. The van der Waals surface area contributed by atoms with E-state index in [1.165, 1.54) is 5.56 Å². The van der Waals surface area contributed by atoms with Crippen LogP contribution in [0.2, 0.25) is 0 Å². The van der Waals surface area contributed by atoms with Gasteiger partial charge in [-0.1, -0.05) is 32.9 Å². The topological polar surface area (TPSA) is 44.8 Å². The summed E-state index contributed by atoms with van der Waals surface area (Å²) >= 11 is 0. The van der Waals surface area contributed by atoms with Gasteiger partial charge >= 0.3 is 6.03 Å². The Balaban J connectivity index is 1.87. The van der Waals surface area contributed by atoms with Gasteiger partial charge in [0.2, 0.25) is 0 Å². The molecule has 128 valence electrons. The molecule has 0 bridgehead atoms. The number of nitrogens with one attached hydrogen (secondary N) is 1. The second-order valence-electron chi connectivity index (χ2n) is 6.69. The van der Waals surface area contributed by atoms with Crippen LogP contribution in [-0.4, -0.2) is 62.2 Å². The van der Waals surface area contributed by atoms with E-state index in [0.29, 0.717) is 6.54 Å². The molecule has 0 aromatic heterocycles. The number of hydrogen-bond acceptors (Lipinski definition) is 3. The monoisotopic (exact) mass is 319 g/mol. The molecule has 0 atom stereocenters. The lowest BCUT2D eigenvalue weighted by Crippen LogP contribution is -2.53. The van der Waals surface area contributed by atoms with Crippen molar-refractivity contribution in [2.24, 2.45) is 0 Å². The van der Waals surface area contributed by atoms with Crippen LogP contribution in [0.25, 0.3) is 0 Å². The summed E-state index contributed by atoms with van der Waals surface area (Å²) in [4.78, 5) is 16.6. The van der Waals surface area contributed by atoms with Gasteiger partial charge in [-0.3, -0.25) is 0 Å². The molecule has 0 unspecified atom stereocenters. The number of rotatable bonds is 5. The SMILES string of the molecule is CCN1CCN(C(=O)NCC(C)(C)c2ccc(OC)cc2)CC1. The summed E-state index contributed by atoms with van der Waals surface area (Å²) in [5.41, 5.74) is 1.07. The third-order valence-electron chi connectivity index (χ3n) is 4.66. The number of hydrogen-bond donors (Lipinski definition) is 1. The summed E-state index contributed by atoms with van der Waals surface area (Å²) in [6.07, 6.45) is 0. The number of amides is 2. The number of benzene rings is 1. The predicted molar refractivity (Wildman–Crippen MR) is 93.1 cm³/mol. The van der Waals surface area contributed by atoms with Gasteiger partial charge in [-0.15, -0.1) is 0 Å². The average molecular weight is 319 g/mol. The third kappa shape index (κ3) is 4.61. The highest BCUT2D eigenvalue weighted by Crippen LogP contribution is 2.24. The lowest BCUT2D eigenvalue weighted by molar-refractivity contribution is 0.142. The smallest absolute Gasteiger partial charge is 0.317 e. The van der Waals surface area contributed by atoms with Gasteiger partial charge in [0, 0.05) is 38.1 Å². The standard InChI is InChI=1S/C18H29N3O2/c1-5-20-10-12-21(13-11-20)17(22)19-14-18(2,3)15-6-8-16(23-4)9-7-15/h6-9H,5,10-14H2,1-4H3,(H,19,22). The van der Waals surface area contributed by atoms with Crippen LogP contribution in [0.3, 0.4) is 0 Å². The van der Waals surface area contributed by atoms with Crippen molar-refractivity contribution in [2.75, 3.05) is 46.4 Å². The minimum absolute atomic E-state index is 0.0438. The number of piperazine rings is 1. The number of carbonyl (C=O) groups is 1. The molecule has 1 heterocycles. The van der Waals surface area contributed by atoms with E-state index in [4.69, 9.17) is 4.74 Å². The van der Waals surface area contributed by atoms with E-state index in [1.807, 2.05) is 17.0 Å². The number of methoxy groups -OCH3 is 1. The van der Waals surface area contributed by atoms with E-state index in [2.05, 4.69) is 43.1 Å². The van der Waals surface area contributed by atoms with Crippen molar-refractivity contribution < 1.29 is 9.53 Å². The summed E-state index contributed by atoms with van der Waals surface area (Å²) in [6.45, 7) is 11.7. The normalized spacial score (nSPS) is 16.3. The zero-order valence-corrected chi connectivity index (χ0v) is 14.8. The first-order valence-corrected chi connectivity index (χ1v) is 8.36. The van der Waals surface area contributed by atoms with Crippen molar-refractivity contribution in [3.05, 3.63) is 29.8 Å². The molecule has 1 N–H and O–H groups in total. The lowest BCUT2D eigenvalue weighted by Gasteiger charge is -2.35. The highest BCUT2D eigenvalue weighted by molar-refractivity contribution is 5.74. The molecule has 1 aromatic carbocycles. The summed E-state index contributed by atoms with van der Waals surface area (Å²) in [5.74, 6) is 0.849. The molecule has 2 amide bonds. The van der Waals surface area contributed by atoms with Gasteiger partial charge < -0.3 is 19.9 Å². The largest absolute Gasteiger partial charge is 0.497 e. The number of urea groups is 1. The van der Waals surface area contributed by atoms with Crippen LogP contribution in [0.4, 0.5) is 4.79 Å². The van der Waals surface area contributed by atoms with Gasteiger partial charge in [-0.25, -0.2) is 4.79 Å². The molecule has 5 heteroatoms. The summed E-state index contributed by atoms with van der Waals surface area (Å²) in [7, 11) is 1.67. The molecule has 23 heavy (non-hydrogen) atoms. The van der Waals surface area contributed by atoms with E-state index < -0.39 is 0 Å². The Labute approximate surface area is 139 Å². The number of likely N-dealkylation sites (N-methyl/N-ethyl adjacent to an activating group) is 1. The Morgan fingerprint density at radius 1 is 1.17 bits per heavy atom. The third-order valence-corrected chi connectivity index (χ3v) is 4.66. The molecule has 1 fully saturated rings. The van der Waals surface area contributed by atoms with E-state index in [0.717, 1.165) is 38.5 Å². The fraction of sp³-hybridized carbons (Fsp3) is 0.611. The van der Waals surface area contributed by atoms with Crippen molar-refractivity contribution in [3.63, 3.8) is 0 Å². The van der Waals surface area contributed by atoms with Gasteiger partial charge in [0.05, 0.1) is 7.11 Å². The number of carbonyl (C=O) groups excluding carboxylic acids is 1. The zero-order valence-electron chi connectivity index (χ0n) is 14.8. The maximum absolute atomic E-state index is 12.3. The van der Waals surface area contributed by atoms with Crippen LogP contribution in [-0.2, 0) is 5.41 Å². The molecular formula is C18H29N3O2. The van der Waals surface area contributed by atoms with Gasteiger partial charge in [-0.05, 0) is 24.2 Å². The highest BCUT2D eigenvalue weighted by atomic mass is 16.5. The van der Waals surface area contributed by atoms with Crippen molar-refractivity contribution in [2.45, 2.75) is 26.2 Å². The Morgan fingerprint density at radius 3 is 2.30 bits per heavy atom. The van der Waals surface area contributed by atoms with Gasteiger partial charge in [0.1, 0.15) is 5.75 Å². The molecule has 2 rings (SSSR count). The second kappa shape index (κ2) is 7.68. The Kier molecular flexibility index (Phi) is 5.88. The van der Waals surface area contributed by atoms with Crippen molar-refractivity contribution >= 4 is 6.03 Å². The van der Waals surface area contributed by atoms with Gasteiger partial charge in [0.25, 0.3) is 0 Å². The molecule has 0 radical (unpaired) electrons.